The number of rotatable bonds is 7. The van der Waals surface area contributed by atoms with Gasteiger partial charge >= 0.3 is 0 Å². The quantitative estimate of drug-likeness (QED) is 0.465. The number of amides is 1. The second kappa shape index (κ2) is 9.28. The first kappa shape index (κ1) is 19.7. The fourth-order valence-corrected chi connectivity index (χ4v) is 3.53. The van der Waals surface area contributed by atoms with Crippen LogP contribution in [0, 0.1) is 5.82 Å². The van der Waals surface area contributed by atoms with Gasteiger partial charge in [0, 0.05) is 29.9 Å². The van der Waals surface area contributed by atoms with Crippen LogP contribution in [0.2, 0.25) is 0 Å². The zero-order valence-corrected chi connectivity index (χ0v) is 16.7. The summed E-state index contributed by atoms with van der Waals surface area (Å²) in [6, 6.07) is 17.4. The van der Waals surface area contributed by atoms with Gasteiger partial charge in [0.25, 0.3) is 5.91 Å². The number of carbonyl (C=O) groups excluding carboxylic acids is 1. The van der Waals surface area contributed by atoms with E-state index in [0.717, 1.165) is 21.7 Å². The summed E-state index contributed by atoms with van der Waals surface area (Å²) in [4.78, 5) is 20.8. The Bertz CT molecular complexity index is 1110. The number of ether oxygens (including phenoxy) is 1. The number of benzene rings is 2. The average Bonchev–Trinajstić information content (AvgIpc) is 3.29. The highest BCUT2D eigenvalue weighted by atomic mass is 32.1. The molecule has 2 heterocycles. The van der Waals surface area contributed by atoms with E-state index < -0.39 is 0 Å². The molecular formula is C23H18FN3O2S. The molecule has 0 atom stereocenters. The first-order valence-electron chi connectivity index (χ1n) is 9.28. The Balaban J connectivity index is 1.34. The van der Waals surface area contributed by atoms with E-state index in [1.165, 1.54) is 23.5 Å². The van der Waals surface area contributed by atoms with E-state index in [1.54, 1.807) is 29.9 Å². The summed E-state index contributed by atoms with van der Waals surface area (Å²) in [5.41, 5.74) is 3.11. The monoisotopic (exact) mass is 419 g/mol. The van der Waals surface area contributed by atoms with E-state index in [2.05, 4.69) is 15.3 Å². The van der Waals surface area contributed by atoms with Crippen molar-refractivity contribution < 1.29 is 13.9 Å². The minimum Gasteiger partial charge on any atom is -0.489 e. The van der Waals surface area contributed by atoms with Gasteiger partial charge in [0.15, 0.2) is 0 Å². The lowest BCUT2D eigenvalue weighted by atomic mass is 10.2. The summed E-state index contributed by atoms with van der Waals surface area (Å²) in [7, 11) is 0. The molecule has 0 unspecified atom stereocenters. The number of carbonyl (C=O) groups is 1. The molecule has 0 aliphatic rings. The maximum atomic E-state index is 13.0. The molecule has 7 heteroatoms. The maximum absolute atomic E-state index is 13.0. The van der Waals surface area contributed by atoms with Gasteiger partial charge in [-0.2, -0.15) is 0 Å². The predicted molar refractivity (Wildman–Crippen MR) is 114 cm³/mol. The van der Waals surface area contributed by atoms with E-state index in [1.807, 2.05) is 36.4 Å². The highest BCUT2D eigenvalue weighted by molar-refractivity contribution is 7.13. The van der Waals surface area contributed by atoms with Gasteiger partial charge < -0.3 is 10.1 Å². The summed E-state index contributed by atoms with van der Waals surface area (Å²) in [6.45, 7) is 0.762. The van der Waals surface area contributed by atoms with Gasteiger partial charge in [-0.3, -0.25) is 9.78 Å². The third-order valence-electron chi connectivity index (χ3n) is 4.33. The maximum Gasteiger partial charge on any atom is 0.271 e. The highest BCUT2D eigenvalue weighted by Crippen LogP contribution is 2.26. The van der Waals surface area contributed by atoms with Crippen molar-refractivity contribution in [1.29, 1.82) is 0 Å². The predicted octanol–water partition coefficient (Wildman–Crippen LogP) is 4.85. The summed E-state index contributed by atoms with van der Waals surface area (Å²) in [5.74, 6) is 0.214. The van der Waals surface area contributed by atoms with Crippen molar-refractivity contribution in [2.45, 2.75) is 13.2 Å². The molecule has 150 valence electrons. The van der Waals surface area contributed by atoms with Crippen molar-refractivity contribution in [3.63, 3.8) is 0 Å². The molecule has 0 radical (unpaired) electrons. The minimum absolute atomic E-state index is 0.222. The van der Waals surface area contributed by atoms with E-state index in [4.69, 9.17) is 4.74 Å². The SMILES string of the molecule is O=C(NCc1cccnc1)c1csc(-c2ccc(OCc3ccc(F)cc3)cc2)n1. The largest absolute Gasteiger partial charge is 0.489 e. The second-order valence-electron chi connectivity index (χ2n) is 6.52. The van der Waals surface area contributed by atoms with Crippen molar-refractivity contribution in [2.75, 3.05) is 0 Å². The zero-order valence-electron chi connectivity index (χ0n) is 15.9. The Hall–Kier alpha value is -3.58. The van der Waals surface area contributed by atoms with E-state index >= 15 is 0 Å². The molecule has 0 saturated carbocycles. The Labute approximate surface area is 177 Å². The Morgan fingerprint density at radius 1 is 1.03 bits per heavy atom. The number of pyridine rings is 1. The molecule has 1 N–H and O–H groups in total. The molecule has 0 fully saturated rings. The lowest BCUT2D eigenvalue weighted by molar-refractivity contribution is 0.0946. The molecule has 2 aromatic carbocycles. The van der Waals surface area contributed by atoms with Gasteiger partial charge in [0.1, 0.15) is 28.9 Å². The fraction of sp³-hybridized carbons (Fsp3) is 0.0870. The van der Waals surface area contributed by atoms with Crippen molar-refractivity contribution in [3.05, 3.63) is 101 Å². The molecule has 5 nitrogen and oxygen atoms in total. The number of nitrogens with one attached hydrogen (secondary N) is 1. The molecule has 1 amide bonds. The van der Waals surface area contributed by atoms with Crippen molar-refractivity contribution in [1.82, 2.24) is 15.3 Å². The summed E-state index contributed by atoms with van der Waals surface area (Å²) in [5, 5.41) is 5.35. The van der Waals surface area contributed by atoms with Crippen LogP contribution in [0.5, 0.6) is 5.75 Å². The Morgan fingerprint density at radius 3 is 2.57 bits per heavy atom. The summed E-state index contributed by atoms with van der Waals surface area (Å²) < 4.78 is 18.7. The number of halogens is 1. The minimum atomic E-state index is -0.267. The van der Waals surface area contributed by atoms with Gasteiger partial charge in [-0.1, -0.05) is 18.2 Å². The van der Waals surface area contributed by atoms with Crippen LogP contribution < -0.4 is 10.1 Å². The normalized spacial score (nSPS) is 10.6. The summed E-state index contributed by atoms with van der Waals surface area (Å²) in [6.07, 6.45) is 3.41. The van der Waals surface area contributed by atoms with Crippen LogP contribution in [-0.4, -0.2) is 15.9 Å². The van der Waals surface area contributed by atoms with Gasteiger partial charge in [-0.25, -0.2) is 9.37 Å². The first-order valence-corrected chi connectivity index (χ1v) is 10.2. The van der Waals surface area contributed by atoms with Crippen LogP contribution in [0.4, 0.5) is 4.39 Å². The smallest absolute Gasteiger partial charge is 0.271 e. The molecular weight excluding hydrogens is 401 g/mol. The van der Waals surface area contributed by atoms with Crippen LogP contribution in [-0.2, 0) is 13.2 Å². The third-order valence-corrected chi connectivity index (χ3v) is 5.22. The van der Waals surface area contributed by atoms with Crippen LogP contribution in [0.3, 0.4) is 0 Å². The van der Waals surface area contributed by atoms with Crippen molar-refractivity contribution in [3.8, 4) is 16.3 Å². The number of hydrogen-bond acceptors (Lipinski definition) is 5. The topological polar surface area (TPSA) is 64.1 Å². The molecule has 0 aliphatic heterocycles. The molecule has 0 bridgehead atoms. The van der Waals surface area contributed by atoms with Gasteiger partial charge in [-0.15, -0.1) is 11.3 Å². The Kier molecular flexibility index (Phi) is 6.10. The third kappa shape index (κ3) is 5.07. The van der Waals surface area contributed by atoms with Crippen molar-refractivity contribution >= 4 is 17.2 Å². The summed E-state index contributed by atoms with van der Waals surface area (Å²) >= 11 is 1.41. The molecule has 2 aromatic heterocycles. The average molecular weight is 419 g/mol. The van der Waals surface area contributed by atoms with E-state index in [9.17, 15) is 9.18 Å². The lowest BCUT2D eigenvalue weighted by Crippen LogP contribution is -2.23. The van der Waals surface area contributed by atoms with Crippen LogP contribution in [0.25, 0.3) is 10.6 Å². The van der Waals surface area contributed by atoms with Gasteiger partial charge in [-0.05, 0) is 53.6 Å². The van der Waals surface area contributed by atoms with E-state index in [0.29, 0.717) is 24.6 Å². The number of nitrogens with zero attached hydrogens (tertiary/aromatic N) is 2. The second-order valence-corrected chi connectivity index (χ2v) is 7.38. The molecule has 4 aromatic rings. The number of aromatic nitrogens is 2. The van der Waals surface area contributed by atoms with Gasteiger partial charge in [0.05, 0.1) is 0 Å². The first-order chi connectivity index (χ1) is 14.7. The molecule has 4 rings (SSSR count). The highest BCUT2D eigenvalue weighted by Gasteiger charge is 2.12. The van der Waals surface area contributed by atoms with Gasteiger partial charge in [0.2, 0.25) is 0 Å². The zero-order chi connectivity index (χ0) is 20.8. The lowest BCUT2D eigenvalue weighted by Gasteiger charge is -2.07. The fourth-order valence-electron chi connectivity index (χ4n) is 2.73. The van der Waals surface area contributed by atoms with Crippen molar-refractivity contribution in [2.24, 2.45) is 0 Å². The number of thiazole rings is 1. The molecule has 0 saturated heterocycles. The molecule has 30 heavy (non-hydrogen) atoms. The molecule has 0 aliphatic carbocycles. The molecule has 0 spiro atoms. The Morgan fingerprint density at radius 2 is 1.83 bits per heavy atom. The van der Waals surface area contributed by atoms with E-state index in [-0.39, 0.29) is 11.7 Å². The van der Waals surface area contributed by atoms with Crippen LogP contribution >= 0.6 is 11.3 Å². The number of hydrogen-bond donors (Lipinski definition) is 1. The van der Waals surface area contributed by atoms with Crippen LogP contribution in [0.15, 0.2) is 78.4 Å². The standard InChI is InChI=1S/C23H18FN3O2S/c24-19-7-3-16(4-8-19)14-29-20-9-5-18(6-10-20)23-27-21(15-30-23)22(28)26-13-17-2-1-11-25-12-17/h1-12,15H,13-14H2,(H,26,28). The van der Waals surface area contributed by atoms with Crippen LogP contribution in [0.1, 0.15) is 21.6 Å².